The first kappa shape index (κ1) is 24.9. The topological polar surface area (TPSA) is 75.1 Å². The van der Waals surface area contributed by atoms with Crippen molar-refractivity contribution in [2.24, 2.45) is 4.99 Å². The highest BCUT2D eigenvalue weighted by Crippen LogP contribution is 2.23. The van der Waals surface area contributed by atoms with E-state index in [2.05, 4.69) is 54.6 Å². The van der Waals surface area contributed by atoms with E-state index in [1.54, 1.807) is 32.4 Å². The van der Waals surface area contributed by atoms with E-state index in [0.717, 1.165) is 28.9 Å². The Kier molecular flexibility index (Phi) is 10.6. The van der Waals surface area contributed by atoms with Crippen molar-refractivity contribution in [1.29, 1.82) is 0 Å². The molecule has 0 aliphatic carbocycles. The van der Waals surface area contributed by atoms with Gasteiger partial charge in [-0.05, 0) is 50.1 Å². The number of aliphatic imine (C=N–C) groups is 1. The minimum Gasteiger partial charge on any atom is -0.508 e. The number of phenols is 1. The van der Waals surface area contributed by atoms with Gasteiger partial charge in [0.05, 0.1) is 13.2 Å². The Morgan fingerprint density at radius 3 is 2.41 bits per heavy atom. The second kappa shape index (κ2) is 12.4. The molecule has 1 unspecified atom stereocenters. The summed E-state index contributed by atoms with van der Waals surface area (Å²) >= 11 is 0. The predicted molar refractivity (Wildman–Crippen MR) is 129 cm³/mol. The molecular weight excluding hydrogens is 481 g/mol. The fourth-order valence-corrected chi connectivity index (χ4v) is 2.63. The molecule has 2 rings (SSSR count). The van der Waals surface area contributed by atoms with Gasteiger partial charge in [0.25, 0.3) is 0 Å². The van der Waals surface area contributed by atoms with E-state index >= 15 is 0 Å². The first-order valence-electron chi connectivity index (χ1n) is 9.53. The number of aromatic hydroxyl groups is 1. The molecule has 0 heterocycles. The molecule has 6 nitrogen and oxygen atoms in total. The highest BCUT2D eigenvalue weighted by molar-refractivity contribution is 14.0. The molecule has 0 fully saturated rings. The fourth-order valence-electron chi connectivity index (χ4n) is 2.63. The van der Waals surface area contributed by atoms with Crippen LogP contribution in [0.15, 0.2) is 41.4 Å². The average Bonchev–Trinajstić information content (AvgIpc) is 2.70. The Hall–Kier alpha value is -2.16. The molecule has 0 saturated heterocycles. The highest BCUT2D eigenvalue weighted by atomic mass is 127. The summed E-state index contributed by atoms with van der Waals surface area (Å²) in [6.45, 7) is 7.24. The van der Waals surface area contributed by atoms with E-state index in [1.807, 2.05) is 0 Å². The predicted octanol–water partition coefficient (Wildman–Crippen LogP) is 4.37. The van der Waals surface area contributed by atoms with Crippen molar-refractivity contribution < 1.29 is 14.6 Å². The van der Waals surface area contributed by atoms with Crippen molar-refractivity contribution >= 4 is 29.9 Å². The number of nitrogens with zero attached hydrogens (tertiary/aromatic N) is 1. The van der Waals surface area contributed by atoms with Crippen molar-refractivity contribution in [2.45, 2.75) is 46.4 Å². The summed E-state index contributed by atoms with van der Waals surface area (Å²) in [5.74, 6) is 2.44. The Morgan fingerprint density at radius 2 is 1.79 bits per heavy atom. The first-order valence-corrected chi connectivity index (χ1v) is 9.53. The van der Waals surface area contributed by atoms with E-state index in [1.165, 1.54) is 0 Å². The van der Waals surface area contributed by atoms with Crippen LogP contribution >= 0.6 is 24.0 Å². The lowest BCUT2D eigenvalue weighted by Gasteiger charge is -2.18. The molecule has 160 valence electrons. The summed E-state index contributed by atoms with van der Waals surface area (Å²) in [4.78, 5) is 4.26. The molecule has 0 aliphatic rings. The number of phenolic OH excluding ortho intramolecular Hbond substituents is 1. The third kappa shape index (κ3) is 7.64. The number of halogens is 1. The number of rotatable bonds is 8. The van der Waals surface area contributed by atoms with Gasteiger partial charge in [0.15, 0.2) is 5.96 Å². The third-order valence-electron chi connectivity index (χ3n) is 4.53. The van der Waals surface area contributed by atoms with Crippen LogP contribution in [0.3, 0.4) is 0 Å². The normalized spacial score (nSPS) is 12.0. The number of methoxy groups -OCH3 is 1. The summed E-state index contributed by atoms with van der Waals surface area (Å²) in [5, 5.41) is 16.5. The van der Waals surface area contributed by atoms with Crippen LogP contribution in [0, 0.1) is 6.92 Å². The fraction of sp³-hybridized carbons (Fsp3) is 0.409. The number of aryl methyl sites for hydroxylation is 1. The minimum absolute atomic E-state index is 0. The zero-order valence-corrected chi connectivity index (χ0v) is 20.1. The van der Waals surface area contributed by atoms with Gasteiger partial charge in [-0.15, -0.1) is 24.0 Å². The molecule has 0 bridgehead atoms. The molecule has 1 atom stereocenters. The largest absolute Gasteiger partial charge is 0.508 e. The molecule has 0 aromatic heterocycles. The zero-order valence-electron chi connectivity index (χ0n) is 17.8. The van der Waals surface area contributed by atoms with Crippen molar-refractivity contribution in [3.05, 3.63) is 53.1 Å². The van der Waals surface area contributed by atoms with Crippen LogP contribution in [0.5, 0.6) is 17.2 Å². The molecule has 29 heavy (non-hydrogen) atoms. The number of guanidine groups is 1. The standard InChI is InChI=1S/C22H31N3O3.HI/c1-6-16(3)28-21-11-15(2)7-8-17(21)13-24-22(23-4)25-14-18-12-19(27-5)9-10-20(18)26;/h7-12,16,26H,6,13-14H2,1-5H3,(H2,23,24,25);1H. The van der Waals surface area contributed by atoms with Gasteiger partial charge in [0, 0.05) is 31.3 Å². The van der Waals surface area contributed by atoms with Crippen molar-refractivity contribution in [2.75, 3.05) is 14.2 Å². The second-order valence-corrected chi connectivity index (χ2v) is 6.72. The summed E-state index contributed by atoms with van der Waals surface area (Å²) in [7, 11) is 3.32. The zero-order chi connectivity index (χ0) is 20.5. The van der Waals surface area contributed by atoms with Gasteiger partial charge in [-0.1, -0.05) is 19.1 Å². The lowest BCUT2D eigenvalue weighted by molar-refractivity contribution is 0.215. The van der Waals surface area contributed by atoms with Gasteiger partial charge in [-0.2, -0.15) is 0 Å². The van der Waals surface area contributed by atoms with Crippen LogP contribution in [-0.4, -0.2) is 31.3 Å². The van der Waals surface area contributed by atoms with Gasteiger partial charge in [0.2, 0.25) is 0 Å². The highest BCUT2D eigenvalue weighted by Gasteiger charge is 2.09. The quantitative estimate of drug-likeness (QED) is 0.278. The van der Waals surface area contributed by atoms with Crippen molar-refractivity contribution in [3.63, 3.8) is 0 Å². The molecular formula is C22H32IN3O3. The van der Waals surface area contributed by atoms with Crippen LogP contribution in [-0.2, 0) is 13.1 Å². The van der Waals surface area contributed by atoms with Crippen LogP contribution in [0.1, 0.15) is 37.0 Å². The van der Waals surface area contributed by atoms with E-state index in [4.69, 9.17) is 9.47 Å². The van der Waals surface area contributed by atoms with Crippen molar-refractivity contribution in [1.82, 2.24) is 10.6 Å². The first-order chi connectivity index (χ1) is 13.5. The van der Waals surface area contributed by atoms with Gasteiger partial charge in [-0.3, -0.25) is 4.99 Å². The maximum Gasteiger partial charge on any atom is 0.191 e. The van der Waals surface area contributed by atoms with E-state index in [0.29, 0.717) is 24.8 Å². The average molecular weight is 513 g/mol. The minimum atomic E-state index is 0. The van der Waals surface area contributed by atoms with Crippen LogP contribution < -0.4 is 20.1 Å². The Bertz CT molecular complexity index is 812. The SMILES string of the molecule is CCC(C)Oc1cc(C)ccc1CNC(=NC)NCc1cc(OC)ccc1O.I. The number of nitrogens with one attached hydrogen (secondary N) is 2. The van der Waals surface area contributed by atoms with Crippen LogP contribution in [0.2, 0.25) is 0 Å². The van der Waals surface area contributed by atoms with Crippen molar-refractivity contribution in [3.8, 4) is 17.2 Å². The lowest BCUT2D eigenvalue weighted by Crippen LogP contribution is -2.36. The molecule has 2 aromatic rings. The van der Waals surface area contributed by atoms with Gasteiger partial charge in [-0.25, -0.2) is 0 Å². The number of hydrogen-bond acceptors (Lipinski definition) is 4. The molecule has 0 aliphatic heterocycles. The van der Waals surface area contributed by atoms with Gasteiger partial charge >= 0.3 is 0 Å². The lowest BCUT2D eigenvalue weighted by atomic mass is 10.1. The van der Waals surface area contributed by atoms with Gasteiger partial charge < -0.3 is 25.2 Å². The van der Waals surface area contributed by atoms with E-state index in [-0.39, 0.29) is 35.8 Å². The molecule has 0 spiro atoms. The summed E-state index contributed by atoms with van der Waals surface area (Å²) in [6.07, 6.45) is 1.11. The Balaban J connectivity index is 0.00000420. The van der Waals surface area contributed by atoms with E-state index in [9.17, 15) is 5.11 Å². The Morgan fingerprint density at radius 1 is 1.10 bits per heavy atom. The summed E-state index contributed by atoms with van der Waals surface area (Å²) < 4.78 is 11.3. The number of benzene rings is 2. The molecule has 0 amide bonds. The van der Waals surface area contributed by atoms with Crippen LogP contribution in [0.25, 0.3) is 0 Å². The Labute approximate surface area is 190 Å². The molecule has 3 N–H and O–H groups in total. The molecule has 0 saturated carbocycles. The summed E-state index contributed by atoms with van der Waals surface area (Å²) in [6, 6.07) is 11.4. The number of hydrogen-bond donors (Lipinski definition) is 3. The second-order valence-electron chi connectivity index (χ2n) is 6.72. The van der Waals surface area contributed by atoms with Gasteiger partial charge in [0.1, 0.15) is 17.2 Å². The monoisotopic (exact) mass is 513 g/mol. The maximum absolute atomic E-state index is 10.0. The maximum atomic E-state index is 10.0. The smallest absolute Gasteiger partial charge is 0.191 e. The summed E-state index contributed by atoms with van der Waals surface area (Å²) in [5.41, 5.74) is 2.97. The third-order valence-corrected chi connectivity index (χ3v) is 4.53. The number of ether oxygens (including phenoxy) is 2. The van der Waals surface area contributed by atoms with Crippen LogP contribution in [0.4, 0.5) is 0 Å². The van der Waals surface area contributed by atoms with E-state index < -0.39 is 0 Å². The molecule has 2 aromatic carbocycles. The molecule has 7 heteroatoms. The molecule has 0 radical (unpaired) electrons.